The zero-order valence-corrected chi connectivity index (χ0v) is 13.9. The van der Waals surface area contributed by atoms with E-state index in [1.165, 1.54) is 5.52 Å². The highest BCUT2D eigenvalue weighted by atomic mass is 16.3. The number of aromatic nitrogens is 2. The predicted octanol–water partition coefficient (Wildman–Crippen LogP) is 2.77. The van der Waals surface area contributed by atoms with Gasteiger partial charge in [-0.25, -0.2) is 9.98 Å². The number of furan rings is 1. The number of hydrogen-bond acceptors (Lipinski definition) is 3. The second-order valence-corrected chi connectivity index (χ2v) is 5.48. The first kappa shape index (κ1) is 16.1. The summed E-state index contributed by atoms with van der Waals surface area (Å²) in [5.41, 5.74) is 2.22. The largest absolute Gasteiger partial charge is 0.467 e. The van der Waals surface area contributed by atoms with Crippen molar-refractivity contribution >= 4 is 17.0 Å². The topological polar surface area (TPSA) is 67.4 Å². The molecule has 0 saturated carbocycles. The van der Waals surface area contributed by atoms with Gasteiger partial charge in [0, 0.05) is 19.6 Å². The number of nitrogens with one attached hydrogen (secondary N) is 2. The molecule has 2 N–H and O–H groups in total. The average Bonchev–Trinajstić information content (AvgIpc) is 3.26. The fourth-order valence-electron chi connectivity index (χ4n) is 2.55. The molecule has 0 radical (unpaired) electrons. The monoisotopic (exact) mass is 325 g/mol. The van der Waals surface area contributed by atoms with Crippen molar-refractivity contribution in [3.05, 3.63) is 54.7 Å². The Morgan fingerprint density at radius 3 is 2.96 bits per heavy atom. The lowest BCUT2D eigenvalue weighted by Gasteiger charge is -2.11. The van der Waals surface area contributed by atoms with Gasteiger partial charge in [0.1, 0.15) is 12.3 Å². The number of benzene rings is 1. The van der Waals surface area contributed by atoms with Crippen molar-refractivity contribution in [2.24, 2.45) is 4.99 Å². The van der Waals surface area contributed by atoms with E-state index >= 15 is 0 Å². The van der Waals surface area contributed by atoms with Gasteiger partial charge < -0.3 is 19.6 Å². The van der Waals surface area contributed by atoms with Crippen molar-refractivity contribution in [3.63, 3.8) is 0 Å². The Morgan fingerprint density at radius 2 is 2.12 bits per heavy atom. The quantitative estimate of drug-likeness (QED) is 0.398. The van der Waals surface area contributed by atoms with Crippen LogP contribution in [0.4, 0.5) is 0 Å². The van der Waals surface area contributed by atoms with Crippen molar-refractivity contribution in [1.29, 1.82) is 0 Å². The number of hydrogen-bond donors (Lipinski definition) is 2. The highest BCUT2D eigenvalue weighted by Crippen LogP contribution is 2.11. The maximum atomic E-state index is 5.30. The van der Waals surface area contributed by atoms with Crippen LogP contribution in [0, 0.1) is 0 Å². The Bertz CT molecular complexity index is 776. The minimum Gasteiger partial charge on any atom is -0.467 e. The number of guanidine groups is 1. The molecule has 0 bridgehead atoms. The van der Waals surface area contributed by atoms with E-state index in [1.807, 2.05) is 36.7 Å². The highest BCUT2D eigenvalue weighted by Gasteiger charge is 2.02. The number of para-hydroxylation sites is 2. The third-order valence-corrected chi connectivity index (χ3v) is 3.71. The van der Waals surface area contributed by atoms with E-state index in [1.54, 1.807) is 6.26 Å². The molecular formula is C18H23N5O. The highest BCUT2D eigenvalue weighted by molar-refractivity contribution is 5.79. The molecule has 126 valence electrons. The first-order valence-electron chi connectivity index (χ1n) is 8.31. The van der Waals surface area contributed by atoms with Gasteiger partial charge in [-0.3, -0.25) is 0 Å². The molecule has 3 aromatic rings. The number of aryl methyl sites for hydroxylation is 1. The molecule has 0 aliphatic rings. The Labute approximate surface area is 141 Å². The molecule has 0 amide bonds. The van der Waals surface area contributed by atoms with E-state index in [0.717, 1.165) is 43.3 Å². The Balaban J connectivity index is 1.49. The fourth-order valence-corrected chi connectivity index (χ4v) is 2.55. The van der Waals surface area contributed by atoms with E-state index < -0.39 is 0 Å². The summed E-state index contributed by atoms with van der Waals surface area (Å²) in [5.74, 6) is 1.67. The molecule has 2 aromatic heterocycles. The zero-order valence-electron chi connectivity index (χ0n) is 13.9. The molecule has 24 heavy (non-hydrogen) atoms. The minimum atomic E-state index is 0.536. The van der Waals surface area contributed by atoms with Gasteiger partial charge in [-0.2, -0.15) is 0 Å². The number of rotatable bonds is 7. The van der Waals surface area contributed by atoms with Crippen molar-refractivity contribution in [2.45, 2.75) is 26.4 Å². The van der Waals surface area contributed by atoms with Crippen LogP contribution in [0.5, 0.6) is 0 Å². The molecule has 1 aromatic carbocycles. The molecule has 0 spiro atoms. The van der Waals surface area contributed by atoms with Crippen LogP contribution < -0.4 is 10.6 Å². The van der Waals surface area contributed by atoms with E-state index in [0.29, 0.717) is 6.54 Å². The van der Waals surface area contributed by atoms with Gasteiger partial charge in [0.15, 0.2) is 5.96 Å². The normalized spacial score (nSPS) is 11.8. The summed E-state index contributed by atoms with van der Waals surface area (Å²) in [4.78, 5) is 8.94. The first-order chi connectivity index (χ1) is 11.9. The lowest BCUT2D eigenvalue weighted by atomic mass is 10.3. The lowest BCUT2D eigenvalue weighted by molar-refractivity contribution is 0.511. The Morgan fingerprint density at radius 1 is 1.21 bits per heavy atom. The first-order valence-corrected chi connectivity index (χ1v) is 8.31. The molecular weight excluding hydrogens is 302 g/mol. The van der Waals surface area contributed by atoms with Crippen LogP contribution >= 0.6 is 0 Å². The van der Waals surface area contributed by atoms with E-state index in [4.69, 9.17) is 4.42 Å². The van der Waals surface area contributed by atoms with E-state index in [-0.39, 0.29) is 0 Å². The predicted molar refractivity (Wildman–Crippen MR) is 95.9 cm³/mol. The molecule has 0 fully saturated rings. The second kappa shape index (κ2) is 8.19. The van der Waals surface area contributed by atoms with Crippen molar-refractivity contribution in [2.75, 3.05) is 13.1 Å². The van der Waals surface area contributed by atoms with Crippen molar-refractivity contribution < 1.29 is 4.42 Å². The van der Waals surface area contributed by atoms with Gasteiger partial charge in [0.2, 0.25) is 0 Å². The summed E-state index contributed by atoms with van der Waals surface area (Å²) >= 11 is 0. The number of aliphatic imine (C=N–C) groups is 1. The third-order valence-electron chi connectivity index (χ3n) is 3.71. The van der Waals surface area contributed by atoms with Crippen LogP contribution in [0.25, 0.3) is 11.0 Å². The molecule has 0 aliphatic carbocycles. The number of nitrogens with zero attached hydrogens (tertiary/aromatic N) is 3. The van der Waals surface area contributed by atoms with E-state index in [9.17, 15) is 0 Å². The fraction of sp³-hybridized carbons (Fsp3) is 0.333. The van der Waals surface area contributed by atoms with Gasteiger partial charge in [-0.1, -0.05) is 12.1 Å². The summed E-state index contributed by atoms with van der Waals surface area (Å²) in [5, 5.41) is 6.60. The third kappa shape index (κ3) is 4.16. The maximum absolute atomic E-state index is 5.30. The van der Waals surface area contributed by atoms with Crippen molar-refractivity contribution in [1.82, 2.24) is 20.2 Å². The molecule has 2 heterocycles. The van der Waals surface area contributed by atoms with Crippen LogP contribution in [0.2, 0.25) is 0 Å². The summed E-state index contributed by atoms with van der Waals surface area (Å²) < 4.78 is 7.49. The summed E-state index contributed by atoms with van der Waals surface area (Å²) in [6, 6.07) is 12.0. The number of imidazole rings is 1. The van der Waals surface area contributed by atoms with Crippen LogP contribution in [0.1, 0.15) is 19.1 Å². The van der Waals surface area contributed by atoms with Crippen LogP contribution in [-0.4, -0.2) is 28.6 Å². The molecule has 3 rings (SSSR count). The molecule has 0 saturated heterocycles. The smallest absolute Gasteiger partial charge is 0.191 e. The van der Waals surface area contributed by atoms with Crippen molar-refractivity contribution in [3.8, 4) is 0 Å². The molecule has 0 aliphatic heterocycles. The summed E-state index contributed by atoms with van der Waals surface area (Å²) in [6.07, 6.45) is 4.56. The average molecular weight is 325 g/mol. The minimum absolute atomic E-state index is 0.536. The van der Waals surface area contributed by atoms with Crippen LogP contribution in [-0.2, 0) is 13.1 Å². The second-order valence-electron chi connectivity index (χ2n) is 5.48. The van der Waals surface area contributed by atoms with Gasteiger partial charge >= 0.3 is 0 Å². The van der Waals surface area contributed by atoms with Crippen LogP contribution in [0.15, 0.2) is 58.4 Å². The Kier molecular flexibility index (Phi) is 5.50. The molecule has 6 nitrogen and oxygen atoms in total. The van der Waals surface area contributed by atoms with Gasteiger partial charge in [-0.15, -0.1) is 0 Å². The maximum Gasteiger partial charge on any atom is 0.191 e. The summed E-state index contributed by atoms with van der Waals surface area (Å²) in [6.45, 7) is 5.19. The zero-order chi connectivity index (χ0) is 16.6. The van der Waals surface area contributed by atoms with Gasteiger partial charge in [0.25, 0.3) is 0 Å². The Hall–Kier alpha value is -2.76. The van der Waals surface area contributed by atoms with Crippen LogP contribution in [0.3, 0.4) is 0 Å². The standard InChI is InChI=1S/C18H23N5O/c1-2-19-18(21-13-15-7-5-12-24-15)20-10-6-11-23-14-22-16-8-3-4-9-17(16)23/h3-5,7-9,12,14H,2,6,10-11,13H2,1H3,(H2,19,20,21). The summed E-state index contributed by atoms with van der Waals surface area (Å²) in [7, 11) is 0. The van der Waals surface area contributed by atoms with E-state index in [2.05, 4.69) is 38.2 Å². The van der Waals surface area contributed by atoms with Gasteiger partial charge in [-0.05, 0) is 37.6 Å². The van der Waals surface area contributed by atoms with Gasteiger partial charge in [0.05, 0.1) is 23.6 Å². The lowest BCUT2D eigenvalue weighted by Crippen LogP contribution is -2.38. The molecule has 6 heteroatoms. The molecule has 0 atom stereocenters. The number of fused-ring (bicyclic) bond motifs is 1. The SMILES string of the molecule is CCNC(=NCc1ccco1)NCCCn1cnc2ccccc21. The molecule has 0 unspecified atom stereocenters.